The highest BCUT2D eigenvalue weighted by Gasteiger charge is 2.05. The van der Waals surface area contributed by atoms with Crippen molar-refractivity contribution in [1.29, 1.82) is 0 Å². The molecule has 16 heavy (non-hydrogen) atoms. The van der Waals surface area contributed by atoms with Crippen molar-refractivity contribution in [1.82, 2.24) is 4.98 Å². The third kappa shape index (κ3) is 5.12. The summed E-state index contributed by atoms with van der Waals surface area (Å²) in [5.74, 6) is 0.524. The van der Waals surface area contributed by atoms with Crippen molar-refractivity contribution in [2.24, 2.45) is 0 Å². The maximum absolute atomic E-state index is 9.83. The maximum Gasteiger partial charge on any atom is 0.123 e. The van der Waals surface area contributed by atoms with Gasteiger partial charge in [0.05, 0.1) is 6.10 Å². The van der Waals surface area contributed by atoms with E-state index in [0.717, 1.165) is 18.4 Å². The van der Waals surface area contributed by atoms with Gasteiger partial charge in [0.15, 0.2) is 0 Å². The Bertz CT molecular complexity index is 302. The van der Waals surface area contributed by atoms with Crippen LogP contribution in [0.5, 0.6) is 0 Å². The van der Waals surface area contributed by atoms with E-state index in [9.17, 15) is 5.11 Å². The zero-order valence-electron chi connectivity index (χ0n) is 10.0. The smallest absolute Gasteiger partial charge is 0.123 e. The predicted octanol–water partition coefficient (Wildman–Crippen LogP) is 2.54. The van der Waals surface area contributed by atoms with Gasteiger partial charge in [-0.25, -0.2) is 4.98 Å². The Hall–Kier alpha value is -1.09. The molecule has 3 N–H and O–H groups in total. The van der Waals surface area contributed by atoms with E-state index in [-0.39, 0.29) is 6.10 Å². The van der Waals surface area contributed by atoms with Crippen LogP contribution in [0.25, 0.3) is 0 Å². The van der Waals surface area contributed by atoms with Crippen LogP contribution in [0.1, 0.15) is 44.6 Å². The first-order valence-corrected chi connectivity index (χ1v) is 6.11. The molecule has 0 bridgehead atoms. The first kappa shape index (κ1) is 13.0. The summed E-state index contributed by atoms with van der Waals surface area (Å²) in [6.45, 7) is 2.19. The topological polar surface area (TPSA) is 59.1 Å². The second-order valence-electron chi connectivity index (χ2n) is 4.30. The Labute approximate surface area is 97.7 Å². The molecule has 0 aliphatic rings. The van der Waals surface area contributed by atoms with Gasteiger partial charge >= 0.3 is 0 Å². The van der Waals surface area contributed by atoms with Crippen molar-refractivity contribution in [3.63, 3.8) is 0 Å². The first-order valence-electron chi connectivity index (χ1n) is 6.11. The minimum absolute atomic E-state index is 0.251. The Morgan fingerprint density at radius 2 is 2.19 bits per heavy atom. The summed E-state index contributed by atoms with van der Waals surface area (Å²) in [5, 5.41) is 9.83. The van der Waals surface area contributed by atoms with Crippen molar-refractivity contribution in [2.45, 2.75) is 51.6 Å². The Morgan fingerprint density at radius 1 is 1.38 bits per heavy atom. The Balaban J connectivity index is 2.25. The molecule has 0 saturated heterocycles. The summed E-state index contributed by atoms with van der Waals surface area (Å²) < 4.78 is 0. The van der Waals surface area contributed by atoms with Crippen LogP contribution in [0.2, 0.25) is 0 Å². The van der Waals surface area contributed by atoms with Crippen LogP contribution in [0.15, 0.2) is 18.3 Å². The number of aromatic nitrogens is 1. The van der Waals surface area contributed by atoms with Crippen molar-refractivity contribution >= 4 is 5.82 Å². The van der Waals surface area contributed by atoms with Gasteiger partial charge in [-0.3, -0.25) is 0 Å². The van der Waals surface area contributed by atoms with Crippen molar-refractivity contribution in [3.05, 3.63) is 23.9 Å². The number of nitrogen functional groups attached to an aromatic ring is 1. The van der Waals surface area contributed by atoms with Gasteiger partial charge in [-0.15, -0.1) is 0 Å². The predicted molar refractivity (Wildman–Crippen MR) is 67.1 cm³/mol. The van der Waals surface area contributed by atoms with Gasteiger partial charge in [0.1, 0.15) is 5.82 Å². The second kappa shape index (κ2) is 7.23. The Morgan fingerprint density at radius 3 is 2.88 bits per heavy atom. The molecule has 1 heterocycles. The Kier molecular flexibility index (Phi) is 5.86. The molecule has 0 radical (unpaired) electrons. The van der Waals surface area contributed by atoms with Gasteiger partial charge in [-0.05, 0) is 30.5 Å². The molecule has 0 aliphatic heterocycles. The number of nitrogens with two attached hydrogens (primary N) is 1. The summed E-state index contributed by atoms with van der Waals surface area (Å²) in [4.78, 5) is 3.93. The molecule has 1 rings (SSSR count). The molecule has 3 heteroatoms. The van der Waals surface area contributed by atoms with Crippen molar-refractivity contribution in [3.8, 4) is 0 Å². The highest BCUT2D eigenvalue weighted by molar-refractivity contribution is 5.31. The third-order valence-corrected chi connectivity index (χ3v) is 2.71. The average molecular weight is 222 g/mol. The van der Waals surface area contributed by atoms with Gasteiger partial charge in [-0.1, -0.05) is 32.6 Å². The van der Waals surface area contributed by atoms with Gasteiger partial charge in [-0.2, -0.15) is 0 Å². The summed E-state index contributed by atoms with van der Waals surface area (Å²) in [5.41, 5.74) is 6.65. The number of rotatable bonds is 7. The van der Waals surface area contributed by atoms with E-state index in [0.29, 0.717) is 12.2 Å². The second-order valence-corrected chi connectivity index (χ2v) is 4.30. The fourth-order valence-electron chi connectivity index (χ4n) is 1.80. The van der Waals surface area contributed by atoms with Crippen LogP contribution in [0.4, 0.5) is 5.82 Å². The maximum atomic E-state index is 9.83. The van der Waals surface area contributed by atoms with Gasteiger partial charge in [0.2, 0.25) is 0 Å². The highest BCUT2D eigenvalue weighted by Crippen LogP contribution is 2.11. The largest absolute Gasteiger partial charge is 0.393 e. The molecule has 1 aromatic rings. The number of hydrogen-bond acceptors (Lipinski definition) is 3. The molecular formula is C13H22N2O. The number of aliphatic hydroxyl groups is 1. The monoisotopic (exact) mass is 222 g/mol. The molecule has 3 nitrogen and oxygen atoms in total. The number of unbranched alkanes of at least 4 members (excludes halogenated alkanes) is 3. The first-order chi connectivity index (χ1) is 7.72. The molecule has 1 aromatic heterocycles. The molecule has 0 saturated carbocycles. The minimum atomic E-state index is -0.251. The van der Waals surface area contributed by atoms with E-state index < -0.39 is 0 Å². The summed E-state index contributed by atoms with van der Waals surface area (Å²) in [6.07, 6.45) is 7.81. The quantitative estimate of drug-likeness (QED) is 0.697. The molecular weight excluding hydrogens is 200 g/mol. The van der Waals surface area contributed by atoms with E-state index in [2.05, 4.69) is 11.9 Å². The van der Waals surface area contributed by atoms with Crippen molar-refractivity contribution in [2.75, 3.05) is 5.73 Å². The number of aliphatic hydroxyl groups excluding tert-OH is 1. The van der Waals surface area contributed by atoms with Gasteiger partial charge in [0, 0.05) is 6.20 Å². The lowest BCUT2D eigenvalue weighted by Crippen LogP contribution is -2.10. The van der Waals surface area contributed by atoms with Crippen LogP contribution in [-0.4, -0.2) is 16.2 Å². The van der Waals surface area contributed by atoms with Gasteiger partial charge < -0.3 is 10.8 Å². The summed E-state index contributed by atoms with van der Waals surface area (Å²) >= 11 is 0. The molecule has 0 fully saturated rings. The standard InChI is InChI=1S/C13H22N2O/c1-2-3-4-5-6-12(16)9-11-7-8-15-13(14)10-11/h7-8,10,12,16H,2-6,9H2,1H3,(H2,14,15). The van der Waals surface area contributed by atoms with E-state index >= 15 is 0 Å². The van der Waals surface area contributed by atoms with Crippen LogP contribution >= 0.6 is 0 Å². The zero-order chi connectivity index (χ0) is 11.8. The van der Waals surface area contributed by atoms with Crippen LogP contribution in [0.3, 0.4) is 0 Å². The van der Waals surface area contributed by atoms with Crippen molar-refractivity contribution < 1.29 is 5.11 Å². The molecule has 1 unspecified atom stereocenters. The molecule has 90 valence electrons. The van der Waals surface area contributed by atoms with Crippen LogP contribution in [-0.2, 0) is 6.42 Å². The average Bonchev–Trinajstić information content (AvgIpc) is 2.24. The lowest BCUT2D eigenvalue weighted by molar-refractivity contribution is 0.161. The molecule has 0 aliphatic carbocycles. The van der Waals surface area contributed by atoms with E-state index in [1.165, 1.54) is 19.3 Å². The van der Waals surface area contributed by atoms with Crippen LogP contribution in [0, 0.1) is 0 Å². The fraction of sp³-hybridized carbons (Fsp3) is 0.615. The van der Waals surface area contributed by atoms with E-state index in [4.69, 9.17) is 5.73 Å². The van der Waals surface area contributed by atoms with Crippen LogP contribution < -0.4 is 5.73 Å². The highest BCUT2D eigenvalue weighted by atomic mass is 16.3. The number of nitrogens with zero attached hydrogens (tertiary/aromatic N) is 1. The molecule has 1 atom stereocenters. The van der Waals surface area contributed by atoms with E-state index in [1.807, 2.05) is 12.1 Å². The fourth-order valence-corrected chi connectivity index (χ4v) is 1.80. The molecule has 0 aromatic carbocycles. The van der Waals surface area contributed by atoms with E-state index in [1.54, 1.807) is 6.20 Å². The normalized spacial score (nSPS) is 12.6. The number of pyridine rings is 1. The summed E-state index contributed by atoms with van der Waals surface area (Å²) in [6, 6.07) is 3.74. The zero-order valence-corrected chi connectivity index (χ0v) is 10.0. The summed E-state index contributed by atoms with van der Waals surface area (Å²) in [7, 11) is 0. The number of hydrogen-bond donors (Lipinski definition) is 2. The third-order valence-electron chi connectivity index (χ3n) is 2.71. The lowest BCUT2D eigenvalue weighted by atomic mass is 10.0. The SMILES string of the molecule is CCCCCCC(O)Cc1ccnc(N)c1. The minimum Gasteiger partial charge on any atom is -0.393 e. The molecule has 0 amide bonds. The molecule has 0 spiro atoms. The number of anilines is 1. The van der Waals surface area contributed by atoms with Gasteiger partial charge in [0.25, 0.3) is 0 Å². The lowest BCUT2D eigenvalue weighted by Gasteiger charge is -2.10.